The highest BCUT2D eigenvalue weighted by Gasteiger charge is 2.42. The number of halogens is 3. The van der Waals surface area contributed by atoms with Crippen LogP contribution in [0.2, 0.25) is 0 Å². The minimum Gasteiger partial charge on any atom is -0.303 e. The molecule has 0 aromatic carbocycles. The largest absolute Gasteiger partial charge is 0.403 e. The van der Waals surface area contributed by atoms with E-state index in [2.05, 4.69) is 10.4 Å². The number of nitrogens with zero attached hydrogens (tertiary/aromatic N) is 2. The van der Waals surface area contributed by atoms with Gasteiger partial charge in [-0.2, -0.15) is 18.3 Å². The molecule has 2 fully saturated rings. The molecule has 2 heterocycles. The lowest BCUT2D eigenvalue weighted by atomic mass is 9.95. The Hall–Kier alpha value is -1.04. The summed E-state index contributed by atoms with van der Waals surface area (Å²) in [6.07, 6.45) is 4.88. The Bertz CT molecular complexity index is 463. The van der Waals surface area contributed by atoms with E-state index in [0.717, 1.165) is 12.1 Å². The average Bonchev–Trinajstić information content (AvgIpc) is 3.08. The second kappa shape index (κ2) is 5.99. The predicted octanol–water partition coefficient (Wildman–Crippen LogP) is 3.61. The first-order valence-corrected chi connectivity index (χ1v) is 7.89. The molecular formula is C15H22F3N3. The summed E-state index contributed by atoms with van der Waals surface area (Å²) in [7, 11) is 0. The van der Waals surface area contributed by atoms with Crippen molar-refractivity contribution in [2.45, 2.75) is 75.7 Å². The lowest BCUT2D eigenvalue weighted by molar-refractivity contribution is -0.163. The minimum atomic E-state index is -4.14. The van der Waals surface area contributed by atoms with Gasteiger partial charge >= 0.3 is 6.18 Å². The van der Waals surface area contributed by atoms with E-state index in [4.69, 9.17) is 0 Å². The fraction of sp³-hybridized carbons (Fsp3) is 0.800. The molecule has 2 unspecified atom stereocenters. The summed E-state index contributed by atoms with van der Waals surface area (Å²) in [6, 6.07) is 0.975. The normalized spacial score (nSPS) is 28.1. The highest BCUT2D eigenvalue weighted by Crippen LogP contribution is 2.30. The van der Waals surface area contributed by atoms with E-state index in [9.17, 15) is 13.2 Å². The molecule has 2 aliphatic rings. The Balaban J connectivity index is 1.58. The van der Waals surface area contributed by atoms with Crippen molar-refractivity contribution in [3.63, 3.8) is 0 Å². The monoisotopic (exact) mass is 301 g/mol. The van der Waals surface area contributed by atoms with Crippen molar-refractivity contribution >= 4 is 0 Å². The van der Waals surface area contributed by atoms with Gasteiger partial charge in [0.1, 0.15) is 6.04 Å². The van der Waals surface area contributed by atoms with Gasteiger partial charge in [0, 0.05) is 18.7 Å². The number of piperidine rings is 1. The molecule has 1 aromatic rings. The van der Waals surface area contributed by atoms with Gasteiger partial charge in [0.15, 0.2) is 0 Å². The Kier molecular flexibility index (Phi) is 4.24. The number of alkyl halides is 3. The van der Waals surface area contributed by atoms with E-state index >= 15 is 0 Å². The SMILES string of the molecule is FC(F)(F)C1CCCC(Cc2ccn(C3CCCC3)n2)N1. The van der Waals surface area contributed by atoms with Gasteiger partial charge in [0.2, 0.25) is 0 Å². The van der Waals surface area contributed by atoms with Crippen LogP contribution in [0.3, 0.4) is 0 Å². The molecule has 0 amide bonds. The number of rotatable bonds is 3. The molecular weight excluding hydrogens is 279 g/mol. The van der Waals surface area contributed by atoms with Crippen molar-refractivity contribution in [1.82, 2.24) is 15.1 Å². The smallest absolute Gasteiger partial charge is 0.303 e. The van der Waals surface area contributed by atoms with Crippen LogP contribution in [-0.2, 0) is 6.42 Å². The highest BCUT2D eigenvalue weighted by molar-refractivity contribution is 5.04. The number of hydrogen-bond acceptors (Lipinski definition) is 2. The van der Waals surface area contributed by atoms with Gasteiger partial charge in [-0.05, 0) is 38.2 Å². The summed E-state index contributed by atoms with van der Waals surface area (Å²) in [4.78, 5) is 0. The van der Waals surface area contributed by atoms with Crippen LogP contribution >= 0.6 is 0 Å². The molecule has 1 N–H and O–H groups in total. The summed E-state index contributed by atoms with van der Waals surface area (Å²) in [6.45, 7) is 0. The third-order valence-electron chi connectivity index (χ3n) is 4.70. The topological polar surface area (TPSA) is 29.9 Å². The molecule has 3 nitrogen and oxygen atoms in total. The molecule has 6 heteroatoms. The van der Waals surface area contributed by atoms with Crippen LogP contribution in [0, 0.1) is 0 Å². The lowest BCUT2D eigenvalue weighted by Crippen LogP contribution is -2.51. The fourth-order valence-electron chi connectivity index (χ4n) is 3.55. The third-order valence-corrected chi connectivity index (χ3v) is 4.70. The van der Waals surface area contributed by atoms with Crippen molar-refractivity contribution in [2.75, 3.05) is 0 Å². The maximum atomic E-state index is 12.8. The van der Waals surface area contributed by atoms with Crippen LogP contribution in [0.25, 0.3) is 0 Å². The van der Waals surface area contributed by atoms with Crippen LogP contribution in [0.15, 0.2) is 12.3 Å². The Morgan fingerprint density at radius 1 is 1.14 bits per heavy atom. The predicted molar refractivity (Wildman–Crippen MR) is 74.1 cm³/mol. The highest BCUT2D eigenvalue weighted by atomic mass is 19.4. The molecule has 1 saturated heterocycles. The zero-order chi connectivity index (χ0) is 14.9. The van der Waals surface area contributed by atoms with Gasteiger partial charge in [-0.25, -0.2) is 0 Å². The molecule has 1 aliphatic carbocycles. The summed E-state index contributed by atoms with van der Waals surface area (Å²) >= 11 is 0. The molecule has 0 bridgehead atoms. The summed E-state index contributed by atoms with van der Waals surface area (Å²) in [5.41, 5.74) is 0.905. The van der Waals surface area contributed by atoms with Gasteiger partial charge < -0.3 is 5.32 Å². The maximum absolute atomic E-state index is 12.8. The maximum Gasteiger partial charge on any atom is 0.403 e. The van der Waals surface area contributed by atoms with E-state index < -0.39 is 12.2 Å². The number of aromatic nitrogens is 2. The quantitative estimate of drug-likeness (QED) is 0.924. The van der Waals surface area contributed by atoms with Gasteiger partial charge in [0.25, 0.3) is 0 Å². The van der Waals surface area contributed by atoms with Crippen LogP contribution in [0.4, 0.5) is 13.2 Å². The first-order valence-electron chi connectivity index (χ1n) is 7.89. The molecule has 1 saturated carbocycles. The second-order valence-electron chi connectivity index (χ2n) is 6.32. The molecule has 2 atom stereocenters. The zero-order valence-electron chi connectivity index (χ0n) is 12.1. The third kappa shape index (κ3) is 3.59. The Labute approximate surface area is 122 Å². The molecule has 118 valence electrons. The fourth-order valence-corrected chi connectivity index (χ4v) is 3.55. The van der Waals surface area contributed by atoms with Crippen LogP contribution in [0.1, 0.15) is 56.7 Å². The van der Waals surface area contributed by atoms with E-state index in [-0.39, 0.29) is 12.5 Å². The van der Waals surface area contributed by atoms with Crippen LogP contribution in [-0.4, -0.2) is 28.0 Å². The van der Waals surface area contributed by atoms with Crippen molar-refractivity contribution < 1.29 is 13.2 Å². The Morgan fingerprint density at radius 2 is 1.90 bits per heavy atom. The van der Waals surface area contributed by atoms with Crippen molar-refractivity contribution in [2.24, 2.45) is 0 Å². The molecule has 1 aromatic heterocycles. The van der Waals surface area contributed by atoms with E-state index in [1.54, 1.807) is 0 Å². The zero-order valence-corrected chi connectivity index (χ0v) is 12.1. The van der Waals surface area contributed by atoms with Crippen LogP contribution < -0.4 is 5.32 Å². The lowest BCUT2D eigenvalue weighted by Gasteiger charge is -2.32. The molecule has 0 radical (unpaired) electrons. The summed E-state index contributed by atoms with van der Waals surface area (Å²) in [5.74, 6) is 0. The first-order chi connectivity index (χ1) is 10.0. The van der Waals surface area contributed by atoms with E-state index in [0.29, 0.717) is 18.9 Å². The van der Waals surface area contributed by atoms with E-state index in [1.165, 1.54) is 25.7 Å². The van der Waals surface area contributed by atoms with Crippen molar-refractivity contribution in [3.05, 3.63) is 18.0 Å². The van der Waals surface area contributed by atoms with Gasteiger partial charge in [-0.15, -0.1) is 0 Å². The van der Waals surface area contributed by atoms with Gasteiger partial charge in [-0.3, -0.25) is 4.68 Å². The Morgan fingerprint density at radius 3 is 2.62 bits per heavy atom. The molecule has 21 heavy (non-hydrogen) atoms. The average molecular weight is 301 g/mol. The van der Waals surface area contributed by atoms with Crippen LogP contribution in [0.5, 0.6) is 0 Å². The van der Waals surface area contributed by atoms with Gasteiger partial charge in [0.05, 0.1) is 11.7 Å². The first kappa shape index (κ1) is 14.9. The molecule has 3 rings (SSSR count). The number of nitrogens with one attached hydrogen (secondary N) is 1. The van der Waals surface area contributed by atoms with Gasteiger partial charge in [-0.1, -0.05) is 12.8 Å². The second-order valence-corrected chi connectivity index (χ2v) is 6.32. The van der Waals surface area contributed by atoms with Crippen molar-refractivity contribution in [1.29, 1.82) is 0 Å². The summed E-state index contributed by atoms with van der Waals surface area (Å²) < 4.78 is 40.3. The molecule has 1 aliphatic heterocycles. The van der Waals surface area contributed by atoms with E-state index in [1.807, 2.05) is 16.9 Å². The standard InChI is InChI=1S/C15H22F3N3/c16-15(17,18)14-7-3-4-11(19-14)10-12-8-9-21(20-12)13-5-1-2-6-13/h8-9,11,13-14,19H,1-7,10H2. The molecule has 0 spiro atoms. The number of hydrogen-bond donors (Lipinski definition) is 1. The minimum absolute atomic E-state index is 0.114. The van der Waals surface area contributed by atoms with Crippen molar-refractivity contribution in [3.8, 4) is 0 Å². The summed E-state index contributed by atoms with van der Waals surface area (Å²) in [5, 5.41) is 7.32.